The van der Waals surface area contributed by atoms with E-state index < -0.39 is 23.2 Å². The molecule has 1 N–H and O–H groups in total. The van der Waals surface area contributed by atoms with Crippen LogP contribution in [0.2, 0.25) is 0 Å². The summed E-state index contributed by atoms with van der Waals surface area (Å²) in [5, 5.41) is 2.94. The van der Waals surface area contributed by atoms with Crippen molar-refractivity contribution in [1.29, 1.82) is 0 Å². The van der Waals surface area contributed by atoms with Crippen LogP contribution in [0.1, 0.15) is 36.9 Å². The van der Waals surface area contributed by atoms with Crippen molar-refractivity contribution in [3.05, 3.63) is 65.5 Å². The molecule has 0 saturated carbocycles. The number of pyridine rings is 1. The first-order chi connectivity index (χ1) is 17.4. The minimum atomic E-state index is -1.34. The molecule has 36 heavy (non-hydrogen) atoms. The second-order valence-electron chi connectivity index (χ2n) is 9.54. The summed E-state index contributed by atoms with van der Waals surface area (Å²) in [4.78, 5) is 46.9. The molecule has 4 heterocycles. The second kappa shape index (κ2) is 9.93. The molecule has 2 aromatic rings. The van der Waals surface area contributed by atoms with Gasteiger partial charge in [0, 0.05) is 37.4 Å². The summed E-state index contributed by atoms with van der Waals surface area (Å²) in [7, 11) is 0. The maximum absolute atomic E-state index is 14.0. The third kappa shape index (κ3) is 4.34. The number of hydrogen-bond acceptors (Lipinski definition) is 5. The Balaban J connectivity index is 1.34. The van der Waals surface area contributed by atoms with Gasteiger partial charge in [-0.15, -0.1) is 0 Å². The van der Waals surface area contributed by atoms with E-state index in [0.29, 0.717) is 38.2 Å². The average Bonchev–Trinajstić information content (AvgIpc) is 3.50. The van der Waals surface area contributed by atoms with Crippen LogP contribution in [-0.4, -0.2) is 65.0 Å². The fourth-order valence-corrected chi connectivity index (χ4v) is 5.53. The quantitative estimate of drug-likeness (QED) is 0.619. The molecule has 190 valence electrons. The SMILES string of the molecule is O=C(Cc1c(F)cccc1F)N1CCC([C@@]2(c3ccccn3)NC(=O)N(C[C@@H]3CCCO3)C2=O)CC1. The Morgan fingerprint density at radius 2 is 1.83 bits per heavy atom. The number of carbonyl (C=O) groups is 3. The summed E-state index contributed by atoms with van der Waals surface area (Å²) >= 11 is 0. The van der Waals surface area contributed by atoms with Crippen molar-refractivity contribution in [2.75, 3.05) is 26.2 Å². The van der Waals surface area contributed by atoms with E-state index in [2.05, 4.69) is 10.3 Å². The molecule has 0 unspecified atom stereocenters. The minimum absolute atomic E-state index is 0.183. The van der Waals surface area contributed by atoms with E-state index in [-0.39, 0.29) is 42.4 Å². The first kappa shape index (κ1) is 24.3. The van der Waals surface area contributed by atoms with Gasteiger partial charge >= 0.3 is 6.03 Å². The van der Waals surface area contributed by atoms with Gasteiger partial charge in [-0.05, 0) is 49.9 Å². The smallest absolute Gasteiger partial charge is 0.325 e. The predicted molar refractivity (Wildman–Crippen MR) is 124 cm³/mol. The normalized spacial score (nSPS) is 24.9. The van der Waals surface area contributed by atoms with E-state index in [1.54, 1.807) is 29.3 Å². The Morgan fingerprint density at radius 1 is 1.08 bits per heavy atom. The summed E-state index contributed by atoms with van der Waals surface area (Å²) in [5.74, 6) is -2.56. The van der Waals surface area contributed by atoms with Gasteiger partial charge in [-0.2, -0.15) is 0 Å². The molecule has 8 nitrogen and oxygen atoms in total. The fraction of sp³-hybridized carbons (Fsp3) is 0.462. The van der Waals surface area contributed by atoms with Crippen LogP contribution in [0.4, 0.5) is 13.6 Å². The summed E-state index contributed by atoms with van der Waals surface area (Å²) in [6.45, 7) is 1.39. The maximum Gasteiger partial charge on any atom is 0.325 e. The van der Waals surface area contributed by atoms with Crippen molar-refractivity contribution in [2.45, 2.75) is 43.7 Å². The zero-order chi connectivity index (χ0) is 25.3. The number of hydrogen-bond donors (Lipinski definition) is 1. The number of nitrogens with one attached hydrogen (secondary N) is 1. The fourth-order valence-electron chi connectivity index (χ4n) is 5.53. The molecule has 0 spiro atoms. The van der Waals surface area contributed by atoms with E-state index in [9.17, 15) is 23.2 Å². The molecule has 4 amide bonds. The minimum Gasteiger partial charge on any atom is -0.376 e. The van der Waals surface area contributed by atoms with Gasteiger partial charge in [-0.25, -0.2) is 13.6 Å². The standard InChI is InChI=1S/C26H28F2N4O4/c27-20-6-3-7-21(28)19(20)15-23(33)31-12-9-17(10-13-31)26(22-8-1-2-11-29-22)24(34)32(25(35)30-26)16-18-5-4-14-36-18/h1-3,6-8,11,17-18H,4-5,9-10,12-16H2,(H,30,35)/t18-,26-/m0/s1. The molecular weight excluding hydrogens is 470 g/mol. The van der Waals surface area contributed by atoms with E-state index in [1.165, 1.54) is 11.0 Å². The number of halogens is 2. The number of carbonyl (C=O) groups excluding carboxylic acids is 3. The van der Waals surface area contributed by atoms with E-state index in [4.69, 9.17) is 4.74 Å². The molecule has 10 heteroatoms. The molecule has 2 atom stereocenters. The highest BCUT2D eigenvalue weighted by atomic mass is 19.1. The number of nitrogens with zero attached hydrogens (tertiary/aromatic N) is 3. The molecule has 0 radical (unpaired) electrons. The van der Waals surface area contributed by atoms with Gasteiger partial charge in [0.15, 0.2) is 5.54 Å². The molecule has 3 aliphatic rings. The van der Waals surface area contributed by atoms with E-state index in [0.717, 1.165) is 25.0 Å². The Labute approximate surface area is 207 Å². The lowest BCUT2D eigenvalue weighted by Gasteiger charge is -2.40. The van der Waals surface area contributed by atoms with Crippen LogP contribution in [0.3, 0.4) is 0 Å². The highest BCUT2D eigenvalue weighted by Crippen LogP contribution is 2.41. The van der Waals surface area contributed by atoms with Crippen LogP contribution in [-0.2, 0) is 26.3 Å². The Morgan fingerprint density at radius 3 is 2.47 bits per heavy atom. The number of rotatable bonds is 6. The molecule has 0 aliphatic carbocycles. The van der Waals surface area contributed by atoms with Crippen molar-refractivity contribution in [1.82, 2.24) is 20.1 Å². The third-order valence-corrected chi connectivity index (χ3v) is 7.46. The third-order valence-electron chi connectivity index (χ3n) is 7.46. The van der Waals surface area contributed by atoms with Gasteiger partial charge in [-0.3, -0.25) is 19.5 Å². The lowest BCUT2D eigenvalue weighted by Crippen LogP contribution is -2.55. The lowest BCUT2D eigenvalue weighted by atomic mass is 9.75. The first-order valence-electron chi connectivity index (χ1n) is 12.3. The summed E-state index contributed by atoms with van der Waals surface area (Å²) < 4.78 is 33.7. The van der Waals surface area contributed by atoms with Crippen LogP contribution in [0.15, 0.2) is 42.6 Å². The Bertz CT molecular complexity index is 1130. The summed E-state index contributed by atoms with van der Waals surface area (Å²) in [6, 6.07) is 8.29. The van der Waals surface area contributed by atoms with Gasteiger partial charge in [-0.1, -0.05) is 12.1 Å². The number of ether oxygens (including phenoxy) is 1. The van der Waals surface area contributed by atoms with Gasteiger partial charge in [0.05, 0.1) is 24.8 Å². The van der Waals surface area contributed by atoms with Gasteiger partial charge in [0.2, 0.25) is 5.91 Å². The number of amides is 4. The van der Waals surface area contributed by atoms with Crippen LogP contribution in [0.5, 0.6) is 0 Å². The summed E-state index contributed by atoms with van der Waals surface area (Å²) in [6.07, 6.45) is 3.54. The molecule has 5 rings (SSSR count). The largest absolute Gasteiger partial charge is 0.376 e. The Kier molecular flexibility index (Phi) is 6.70. The van der Waals surface area contributed by atoms with Crippen LogP contribution < -0.4 is 5.32 Å². The summed E-state index contributed by atoms with van der Waals surface area (Å²) in [5.41, 5.74) is -1.14. The lowest BCUT2D eigenvalue weighted by molar-refractivity contribution is -0.137. The molecule has 3 fully saturated rings. The van der Waals surface area contributed by atoms with Gasteiger partial charge in [0.1, 0.15) is 11.6 Å². The van der Waals surface area contributed by atoms with Crippen molar-refractivity contribution in [3.8, 4) is 0 Å². The molecule has 3 aliphatic heterocycles. The number of urea groups is 1. The molecule has 1 aromatic heterocycles. The van der Waals surface area contributed by atoms with Crippen molar-refractivity contribution in [3.63, 3.8) is 0 Å². The van der Waals surface area contributed by atoms with Crippen molar-refractivity contribution >= 4 is 17.8 Å². The van der Waals surface area contributed by atoms with E-state index in [1.807, 2.05) is 0 Å². The molecule has 1 aromatic carbocycles. The topological polar surface area (TPSA) is 91.8 Å². The molecule has 3 saturated heterocycles. The second-order valence-corrected chi connectivity index (χ2v) is 9.54. The molecular formula is C26H28F2N4O4. The monoisotopic (exact) mass is 498 g/mol. The number of aromatic nitrogens is 1. The van der Waals surface area contributed by atoms with Crippen LogP contribution in [0.25, 0.3) is 0 Å². The zero-order valence-electron chi connectivity index (χ0n) is 19.8. The maximum atomic E-state index is 14.0. The van der Waals surface area contributed by atoms with Gasteiger partial charge < -0.3 is 15.0 Å². The average molecular weight is 499 g/mol. The number of piperidine rings is 1. The van der Waals surface area contributed by atoms with E-state index >= 15 is 0 Å². The Hall–Kier alpha value is -3.40. The zero-order valence-corrected chi connectivity index (χ0v) is 19.8. The highest BCUT2D eigenvalue weighted by molar-refractivity contribution is 6.07. The predicted octanol–water partition coefficient (Wildman–Crippen LogP) is 2.77. The number of benzene rings is 1. The van der Waals surface area contributed by atoms with Crippen molar-refractivity contribution in [2.24, 2.45) is 5.92 Å². The number of likely N-dealkylation sites (tertiary alicyclic amines) is 1. The van der Waals surface area contributed by atoms with Gasteiger partial charge in [0.25, 0.3) is 5.91 Å². The first-order valence-corrected chi connectivity index (χ1v) is 12.3. The molecule has 0 bridgehead atoms. The number of imide groups is 1. The van der Waals surface area contributed by atoms with Crippen LogP contribution in [0, 0.1) is 17.6 Å². The van der Waals surface area contributed by atoms with Crippen LogP contribution >= 0.6 is 0 Å². The highest BCUT2D eigenvalue weighted by Gasteiger charge is 2.58. The van der Waals surface area contributed by atoms with Crippen molar-refractivity contribution < 1.29 is 27.9 Å².